The summed E-state index contributed by atoms with van der Waals surface area (Å²) in [5, 5.41) is 10.5. The van der Waals surface area contributed by atoms with Crippen molar-refractivity contribution in [2.24, 2.45) is 0 Å². The van der Waals surface area contributed by atoms with E-state index in [4.69, 9.17) is 0 Å². The molecule has 0 aliphatic heterocycles. The van der Waals surface area contributed by atoms with Gasteiger partial charge in [0.2, 0.25) is 0 Å². The molecule has 0 aliphatic rings. The zero-order chi connectivity index (χ0) is 12.7. The van der Waals surface area contributed by atoms with E-state index in [2.05, 4.69) is 23.7 Å². The number of hydrogen-bond acceptors (Lipinski definition) is 4. The first kappa shape index (κ1) is 14.5. The number of aliphatic hydroxyl groups excluding tert-OH is 1. The lowest BCUT2D eigenvalue weighted by molar-refractivity contribution is 0.199. The Morgan fingerprint density at radius 1 is 1.41 bits per heavy atom. The van der Waals surface area contributed by atoms with Gasteiger partial charge >= 0.3 is 0 Å². The van der Waals surface area contributed by atoms with Gasteiger partial charge in [0.1, 0.15) is 0 Å². The molecule has 0 fully saturated rings. The average molecular weight is 254 g/mol. The molecular weight excluding hydrogens is 232 g/mol. The Morgan fingerprint density at radius 3 is 2.71 bits per heavy atom. The molecule has 0 amide bonds. The van der Waals surface area contributed by atoms with Crippen LogP contribution < -0.4 is 0 Å². The van der Waals surface area contributed by atoms with Crippen LogP contribution in [0.1, 0.15) is 32.4 Å². The van der Waals surface area contributed by atoms with Crippen molar-refractivity contribution in [3.8, 4) is 0 Å². The Kier molecular flexibility index (Phi) is 6.55. The second-order valence-electron chi connectivity index (χ2n) is 3.98. The summed E-state index contributed by atoms with van der Waals surface area (Å²) in [7, 11) is 0. The van der Waals surface area contributed by atoms with E-state index >= 15 is 0 Å². The van der Waals surface area contributed by atoms with Crippen molar-refractivity contribution >= 4 is 11.8 Å². The highest BCUT2D eigenvalue weighted by Gasteiger charge is 2.04. The van der Waals surface area contributed by atoms with Crippen molar-refractivity contribution in [3.63, 3.8) is 0 Å². The maximum Gasteiger partial charge on any atom is 0.0963 e. The van der Waals surface area contributed by atoms with Crippen LogP contribution in [0.2, 0.25) is 0 Å². The zero-order valence-electron chi connectivity index (χ0n) is 10.9. The third-order valence-corrected chi connectivity index (χ3v) is 3.70. The van der Waals surface area contributed by atoms with E-state index in [1.807, 2.05) is 12.1 Å². The van der Waals surface area contributed by atoms with E-state index in [0.717, 1.165) is 36.0 Å². The molecule has 0 aliphatic carbocycles. The van der Waals surface area contributed by atoms with Crippen LogP contribution in [0.15, 0.2) is 23.4 Å². The van der Waals surface area contributed by atoms with Crippen molar-refractivity contribution in [1.29, 1.82) is 0 Å². The lowest BCUT2D eigenvalue weighted by Gasteiger charge is -2.17. The summed E-state index contributed by atoms with van der Waals surface area (Å²) in [5.74, 6) is 1.04. The van der Waals surface area contributed by atoms with Crippen LogP contribution in [-0.4, -0.2) is 40.4 Å². The fourth-order valence-electron chi connectivity index (χ4n) is 1.58. The number of nitrogens with zero attached hydrogens (tertiary/aromatic N) is 2. The number of pyridine rings is 1. The zero-order valence-corrected chi connectivity index (χ0v) is 11.7. The summed E-state index contributed by atoms with van der Waals surface area (Å²) in [5.41, 5.74) is 0.935. The van der Waals surface area contributed by atoms with E-state index in [-0.39, 0.29) is 0 Å². The van der Waals surface area contributed by atoms with E-state index in [1.54, 1.807) is 24.9 Å². The Bertz CT molecular complexity index is 327. The second-order valence-corrected chi connectivity index (χ2v) is 5.09. The number of rotatable bonds is 7. The first-order chi connectivity index (χ1) is 8.17. The van der Waals surface area contributed by atoms with Gasteiger partial charge in [-0.2, -0.15) is 0 Å². The predicted molar refractivity (Wildman–Crippen MR) is 73.4 cm³/mol. The average Bonchev–Trinajstić information content (AvgIpc) is 2.35. The predicted octanol–water partition coefficient (Wildman–Crippen LogP) is 2.57. The molecule has 1 heterocycles. The molecule has 0 radical (unpaired) electrons. The molecule has 1 rings (SSSR count). The standard InChI is InChI=1S/C13H22N2OS/c1-4-15(5-2)8-9-17-13-10-12(11(3)16)6-7-14-13/h6-7,10-11,16H,4-5,8-9H2,1-3H3. The number of hydrogen-bond donors (Lipinski definition) is 1. The largest absolute Gasteiger partial charge is 0.389 e. The molecule has 17 heavy (non-hydrogen) atoms. The minimum absolute atomic E-state index is 0.417. The summed E-state index contributed by atoms with van der Waals surface area (Å²) in [6.45, 7) is 9.41. The molecule has 3 nitrogen and oxygen atoms in total. The van der Waals surface area contributed by atoms with E-state index < -0.39 is 6.10 Å². The SMILES string of the molecule is CCN(CC)CCSc1cc(C(C)O)ccn1. The van der Waals surface area contributed by atoms with Crippen LogP contribution in [0.5, 0.6) is 0 Å². The lowest BCUT2D eigenvalue weighted by atomic mass is 10.2. The smallest absolute Gasteiger partial charge is 0.0963 e. The summed E-state index contributed by atoms with van der Waals surface area (Å²) in [6.07, 6.45) is 1.35. The highest BCUT2D eigenvalue weighted by atomic mass is 32.2. The molecule has 0 spiro atoms. The topological polar surface area (TPSA) is 36.4 Å². The van der Waals surface area contributed by atoms with E-state index in [1.165, 1.54) is 0 Å². The first-order valence-electron chi connectivity index (χ1n) is 6.16. The Hall–Kier alpha value is -0.580. The molecule has 0 saturated carbocycles. The number of aromatic nitrogens is 1. The molecule has 0 bridgehead atoms. The monoisotopic (exact) mass is 254 g/mol. The third-order valence-electron chi connectivity index (χ3n) is 2.79. The van der Waals surface area contributed by atoms with Crippen LogP contribution in [0.4, 0.5) is 0 Å². The first-order valence-corrected chi connectivity index (χ1v) is 7.15. The molecule has 4 heteroatoms. The molecule has 1 atom stereocenters. The fraction of sp³-hybridized carbons (Fsp3) is 0.615. The highest BCUT2D eigenvalue weighted by Crippen LogP contribution is 2.19. The fourth-order valence-corrected chi connectivity index (χ4v) is 2.50. The van der Waals surface area contributed by atoms with Gasteiger partial charge in [0.25, 0.3) is 0 Å². The Labute approximate surface area is 108 Å². The van der Waals surface area contributed by atoms with E-state index in [9.17, 15) is 5.11 Å². The van der Waals surface area contributed by atoms with Gasteiger partial charge in [-0.25, -0.2) is 4.98 Å². The normalized spacial score (nSPS) is 13.0. The van der Waals surface area contributed by atoms with Gasteiger partial charge in [0, 0.05) is 18.5 Å². The van der Waals surface area contributed by atoms with Crippen molar-refractivity contribution < 1.29 is 5.11 Å². The van der Waals surface area contributed by atoms with Gasteiger partial charge in [-0.1, -0.05) is 13.8 Å². The minimum atomic E-state index is -0.417. The highest BCUT2D eigenvalue weighted by molar-refractivity contribution is 7.99. The molecule has 0 saturated heterocycles. The van der Waals surface area contributed by atoms with Crippen LogP contribution in [0, 0.1) is 0 Å². The summed E-state index contributed by atoms with van der Waals surface area (Å²) < 4.78 is 0. The van der Waals surface area contributed by atoms with Gasteiger partial charge < -0.3 is 10.0 Å². The molecule has 96 valence electrons. The summed E-state index contributed by atoms with van der Waals surface area (Å²) in [6, 6.07) is 3.83. The quantitative estimate of drug-likeness (QED) is 0.759. The van der Waals surface area contributed by atoms with Crippen molar-refractivity contribution in [2.45, 2.75) is 31.9 Å². The summed E-state index contributed by atoms with van der Waals surface area (Å²) in [4.78, 5) is 6.70. The lowest BCUT2D eigenvalue weighted by Crippen LogP contribution is -2.25. The van der Waals surface area contributed by atoms with Crippen LogP contribution in [0.3, 0.4) is 0 Å². The molecule has 1 N–H and O–H groups in total. The van der Waals surface area contributed by atoms with Gasteiger partial charge in [-0.05, 0) is 37.7 Å². The van der Waals surface area contributed by atoms with Gasteiger partial charge in [0.05, 0.1) is 11.1 Å². The molecular formula is C13H22N2OS. The van der Waals surface area contributed by atoms with Gasteiger partial charge in [-0.15, -0.1) is 11.8 Å². The maximum atomic E-state index is 9.49. The molecule has 1 aromatic rings. The van der Waals surface area contributed by atoms with Gasteiger partial charge in [0.15, 0.2) is 0 Å². The molecule has 1 unspecified atom stereocenters. The van der Waals surface area contributed by atoms with Gasteiger partial charge in [-0.3, -0.25) is 0 Å². The Balaban J connectivity index is 2.43. The Morgan fingerprint density at radius 2 is 2.12 bits per heavy atom. The molecule has 0 aromatic carbocycles. The van der Waals surface area contributed by atoms with Crippen LogP contribution in [0.25, 0.3) is 0 Å². The maximum absolute atomic E-state index is 9.49. The van der Waals surface area contributed by atoms with Crippen molar-refractivity contribution in [1.82, 2.24) is 9.88 Å². The minimum Gasteiger partial charge on any atom is -0.389 e. The second kappa shape index (κ2) is 7.69. The van der Waals surface area contributed by atoms with Crippen molar-refractivity contribution in [2.75, 3.05) is 25.4 Å². The third kappa shape index (κ3) is 5.06. The van der Waals surface area contributed by atoms with E-state index in [0.29, 0.717) is 0 Å². The van der Waals surface area contributed by atoms with Crippen molar-refractivity contribution in [3.05, 3.63) is 23.9 Å². The summed E-state index contributed by atoms with van der Waals surface area (Å²) >= 11 is 1.75. The number of thioether (sulfide) groups is 1. The van der Waals surface area contributed by atoms with Crippen LogP contribution >= 0.6 is 11.8 Å². The molecule has 1 aromatic heterocycles. The number of aliphatic hydroxyl groups is 1. The van der Waals surface area contributed by atoms with Crippen LogP contribution in [-0.2, 0) is 0 Å².